The van der Waals surface area contributed by atoms with Gasteiger partial charge in [0.25, 0.3) is 0 Å². The van der Waals surface area contributed by atoms with Crippen molar-refractivity contribution in [1.29, 1.82) is 0 Å². The van der Waals surface area contributed by atoms with Crippen molar-refractivity contribution in [2.45, 2.75) is 24.8 Å². The molecule has 94 valence electrons. The van der Waals surface area contributed by atoms with Gasteiger partial charge in [0.2, 0.25) is 0 Å². The van der Waals surface area contributed by atoms with Crippen LogP contribution in [0.2, 0.25) is 0 Å². The second-order valence-electron chi connectivity index (χ2n) is 4.52. The van der Waals surface area contributed by atoms with E-state index in [1.54, 1.807) is 7.11 Å². The summed E-state index contributed by atoms with van der Waals surface area (Å²) in [5.74, 6) is 2.55. The van der Waals surface area contributed by atoms with Gasteiger partial charge in [-0.25, -0.2) is 0 Å². The summed E-state index contributed by atoms with van der Waals surface area (Å²) in [5, 5.41) is 3.53. The lowest BCUT2D eigenvalue weighted by Crippen LogP contribution is -2.46. The molecule has 0 radical (unpaired) electrons. The molecule has 2 heterocycles. The Morgan fingerprint density at radius 1 is 1.41 bits per heavy atom. The van der Waals surface area contributed by atoms with E-state index >= 15 is 0 Å². The van der Waals surface area contributed by atoms with Crippen molar-refractivity contribution in [3.63, 3.8) is 0 Å². The molecule has 0 saturated carbocycles. The van der Waals surface area contributed by atoms with Gasteiger partial charge in [0.1, 0.15) is 18.1 Å². The van der Waals surface area contributed by atoms with Crippen LogP contribution in [0.1, 0.15) is 24.3 Å². The molecule has 2 unspecified atom stereocenters. The van der Waals surface area contributed by atoms with Gasteiger partial charge >= 0.3 is 0 Å². The Kier molecular flexibility index (Phi) is 3.79. The standard InChI is InChI=1S/C13H17NO2.ClH/c1-15-9-4-5-13-11(7-9)10-3-2-6-14-12(10)8-16-13;/h4-5,7,10,12,14H,2-3,6,8H2,1H3;1H. The number of hydrogen-bond acceptors (Lipinski definition) is 3. The van der Waals surface area contributed by atoms with Crippen LogP contribution >= 0.6 is 12.4 Å². The lowest BCUT2D eigenvalue weighted by atomic mass is 9.83. The first-order valence-electron chi connectivity index (χ1n) is 5.92. The minimum atomic E-state index is 0. The van der Waals surface area contributed by atoms with Gasteiger partial charge < -0.3 is 14.8 Å². The number of piperidine rings is 1. The van der Waals surface area contributed by atoms with E-state index in [0.717, 1.165) is 24.7 Å². The fraction of sp³-hybridized carbons (Fsp3) is 0.538. The van der Waals surface area contributed by atoms with Crippen LogP contribution in [0.25, 0.3) is 0 Å². The van der Waals surface area contributed by atoms with Crippen LogP contribution in [0.3, 0.4) is 0 Å². The molecule has 0 aromatic heterocycles. The highest BCUT2D eigenvalue weighted by Crippen LogP contribution is 2.39. The summed E-state index contributed by atoms with van der Waals surface area (Å²) in [5.41, 5.74) is 1.31. The summed E-state index contributed by atoms with van der Waals surface area (Å²) in [7, 11) is 1.71. The molecule has 2 atom stereocenters. The minimum absolute atomic E-state index is 0. The molecule has 1 saturated heterocycles. The molecule has 1 N–H and O–H groups in total. The highest BCUT2D eigenvalue weighted by atomic mass is 35.5. The van der Waals surface area contributed by atoms with E-state index < -0.39 is 0 Å². The summed E-state index contributed by atoms with van der Waals surface area (Å²) < 4.78 is 11.1. The third-order valence-electron chi connectivity index (χ3n) is 3.62. The van der Waals surface area contributed by atoms with Crippen molar-refractivity contribution in [2.75, 3.05) is 20.3 Å². The molecule has 0 spiro atoms. The quantitative estimate of drug-likeness (QED) is 0.836. The SMILES string of the molecule is COc1ccc2c(c1)C1CCCNC1CO2.Cl. The zero-order valence-electron chi connectivity index (χ0n) is 9.94. The van der Waals surface area contributed by atoms with Crippen LogP contribution in [0.15, 0.2) is 18.2 Å². The molecule has 17 heavy (non-hydrogen) atoms. The summed E-state index contributed by atoms with van der Waals surface area (Å²) in [6.07, 6.45) is 2.50. The van der Waals surface area contributed by atoms with Crippen molar-refractivity contribution in [3.05, 3.63) is 23.8 Å². The largest absolute Gasteiger partial charge is 0.497 e. The third kappa shape index (κ3) is 2.22. The van der Waals surface area contributed by atoms with Gasteiger partial charge in [0.05, 0.1) is 7.11 Å². The van der Waals surface area contributed by atoms with E-state index in [0.29, 0.717) is 12.0 Å². The average Bonchev–Trinajstić information content (AvgIpc) is 2.38. The lowest BCUT2D eigenvalue weighted by Gasteiger charge is -2.37. The molecular weight excluding hydrogens is 238 g/mol. The van der Waals surface area contributed by atoms with E-state index in [4.69, 9.17) is 9.47 Å². The first-order valence-corrected chi connectivity index (χ1v) is 5.92. The second-order valence-corrected chi connectivity index (χ2v) is 4.52. The van der Waals surface area contributed by atoms with Crippen LogP contribution in [-0.4, -0.2) is 26.3 Å². The number of nitrogens with one attached hydrogen (secondary N) is 1. The predicted molar refractivity (Wildman–Crippen MR) is 69.5 cm³/mol. The van der Waals surface area contributed by atoms with Crippen LogP contribution in [0, 0.1) is 0 Å². The number of hydrogen-bond donors (Lipinski definition) is 1. The molecule has 0 aliphatic carbocycles. The lowest BCUT2D eigenvalue weighted by molar-refractivity contribution is 0.189. The van der Waals surface area contributed by atoms with Gasteiger partial charge in [-0.3, -0.25) is 0 Å². The summed E-state index contributed by atoms with van der Waals surface area (Å²) >= 11 is 0. The van der Waals surface area contributed by atoms with Gasteiger partial charge in [-0.05, 0) is 37.6 Å². The Labute approximate surface area is 108 Å². The molecule has 1 fully saturated rings. The third-order valence-corrected chi connectivity index (χ3v) is 3.62. The number of rotatable bonds is 1. The first-order chi connectivity index (χ1) is 7.88. The number of methoxy groups -OCH3 is 1. The van der Waals surface area contributed by atoms with Gasteiger partial charge in [-0.1, -0.05) is 0 Å². The smallest absolute Gasteiger partial charge is 0.123 e. The predicted octanol–water partition coefficient (Wildman–Crippen LogP) is 2.35. The molecule has 4 heteroatoms. The maximum absolute atomic E-state index is 5.77. The Bertz CT molecular complexity index is 397. The maximum atomic E-state index is 5.77. The molecule has 0 amide bonds. The normalized spacial score (nSPS) is 25.9. The van der Waals surface area contributed by atoms with Crippen molar-refractivity contribution >= 4 is 12.4 Å². The van der Waals surface area contributed by atoms with E-state index in [2.05, 4.69) is 11.4 Å². The van der Waals surface area contributed by atoms with Gasteiger partial charge in [0, 0.05) is 17.5 Å². The number of halogens is 1. The summed E-state index contributed by atoms with van der Waals surface area (Å²) in [6, 6.07) is 6.60. The van der Waals surface area contributed by atoms with E-state index in [1.165, 1.54) is 18.4 Å². The van der Waals surface area contributed by atoms with Crippen molar-refractivity contribution in [3.8, 4) is 11.5 Å². The highest BCUT2D eigenvalue weighted by molar-refractivity contribution is 5.85. The van der Waals surface area contributed by atoms with Gasteiger partial charge in [-0.2, -0.15) is 0 Å². The van der Waals surface area contributed by atoms with Crippen molar-refractivity contribution in [1.82, 2.24) is 5.32 Å². The van der Waals surface area contributed by atoms with Gasteiger partial charge in [0.15, 0.2) is 0 Å². The molecule has 1 aromatic rings. The van der Waals surface area contributed by atoms with Crippen molar-refractivity contribution in [2.24, 2.45) is 0 Å². The Morgan fingerprint density at radius 3 is 3.12 bits per heavy atom. The number of benzene rings is 1. The second kappa shape index (κ2) is 5.15. The highest BCUT2D eigenvalue weighted by Gasteiger charge is 2.32. The molecule has 0 bridgehead atoms. The zero-order chi connectivity index (χ0) is 11.0. The average molecular weight is 256 g/mol. The van der Waals surface area contributed by atoms with E-state index in [1.807, 2.05) is 12.1 Å². The van der Waals surface area contributed by atoms with Crippen LogP contribution in [-0.2, 0) is 0 Å². The Hall–Kier alpha value is -0.930. The molecular formula is C13H18ClNO2. The fourth-order valence-electron chi connectivity index (χ4n) is 2.75. The number of ether oxygens (including phenoxy) is 2. The van der Waals surface area contributed by atoms with E-state index in [9.17, 15) is 0 Å². The Morgan fingerprint density at radius 2 is 2.29 bits per heavy atom. The van der Waals surface area contributed by atoms with Crippen LogP contribution in [0.4, 0.5) is 0 Å². The summed E-state index contributed by atoms with van der Waals surface area (Å²) in [6.45, 7) is 1.91. The maximum Gasteiger partial charge on any atom is 0.123 e. The molecule has 3 nitrogen and oxygen atoms in total. The molecule has 3 rings (SSSR count). The summed E-state index contributed by atoms with van der Waals surface area (Å²) in [4.78, 5) is 0. The molecule has 2 aliphatic rings. The van der Waals surface area contributed by atoms with E-state index in [-0.39, 0.29) is 12.4 Å². The van der Waals surface area contributed by atoms with Crippen molar-refractivity contribution < 1.29 is 9.47 Å². The van der Waals surface area contributed by atoms with Crippen LogP contribution < -0.4 is 14.8 Å². The Balaban J connectivity index is 0.00000108. The number of fused-ring (bicyclic) bond motifs is 3. The van der Waals surface area contributed by atoms with Gasteiger partial charge in [-0.15, -0.1) is 12.4 Å². The first kappa shape index (κ1) is 12.5. The monoisotopic (exact) mass is 255 g/mol. The topological polar surface area (TPSA) is 30.5 Å². The minimum Gasteiger partial charge on any atom is -0.497 e. The van der Waals surface area contributed by atoms with Crippen LogP contribution in [0.5, 0.6) is 11.5 Å². The molecule has 1 aromatic carbocycles. The molecule has 2 aliphatic heterocycles. The zero-order valence-corrected chi connectivity index (χ0v) is 10.8. The fourth-order valence-corrected chi connectivity index (χ4v) is 2.75.